The van der Waals surface area contributed by atoms with Crippen LogP contribution < -0.4 is 5.32 Å². The first-order valence-electron chi connectivity index (χ1n) is 12.8. The van der Waals surface area contributed by atoms with Crippen LogP contribution in [0, 0.1) is 36.5 Å². The van der Waals surface area contributed by atoms with E-state index in [4.69, 9.17) is 11.6 Å². The highest BCUT2D eigenvalue weighted by atomic mass is 35.5. The molecular formula is C29H28ClN5O2. The van der Waals surface area contributed by atoms with Gasteiger partial charge in [-0.1, -0.05) is 41.6 Å². The third-order valence-corrected chi connectivity index (χ3v) is 7.99. The minimum Gasteiger partial charge on any atom is -0.342 e. The number of pyridine rings is 1. The highest BCUT2D eigenvalue weighted by Crippen LogP contribution is 2.46. The minimum absolute atomic E-state index is 0.0890. The highest BCUT2D eigenvalue weighted by molar-refractivity contribution is 6.34. The number of aromatic nitrogens is 3. The number of halogens is 1. The van der Waals surface area contributed by atoms with E-state index < -0.39 is 0 Å². The van der Waals surface area contributed by atoms with E-state index >= 15 is 0 Å². The first-order valence-corrected chi connectivity index (χ1v) is 13.2. The van der Waals surface area contributed by atoms with Crippen molar-refractivity contribution in [1.29, 1.82) is 0 Å². The fourth-order valence-electron chi connectivity index (χ4n) is 5.67. The van der Waals surface area contributed by atoms with Crippen LogP contribution in [0.25, 0.3) is 0 Å². The van der Waals surface area contributed by atoms with E-state index in [-0.39, 0.29) is 17.9 Å². The van der Waals surface area contributed by atoms with Gasteiger partial charge in [-0.3, -0.25) is 14.3 Å². The SMILES string of the molecule is Cc1cc(C#Cc2ccccc2)cnc1NC(=O)c1c(Cl)cnn1C1C[C@@H]2CN(C(=O)C3CC3)C[C@@H]2C1. The average Bonchev–Trinajstić information content (AvgIpc) is 3.39. The number of rotatable bonds is 4. The number of hydrogen-bond donors (Lipinski definition) is 1. The second-order valence-corrected chi connectivity index (χ2v) is 10.8. The third-order valence-electron chi connectivity index (χ3n) is 7.71. The number of likely N-dealkylation sites (tertiary alicyclic amines) is 1. The maximum atomic E-state index is 13.3. The van der Waals surface area contributed by atoms with E-state index in [1.165, 1.54) is 6.20 Å². The molecule has 7 nitrogen and oxygen atoms in total. The van der Waals surface area contributed by atoms with E-state index in [2.05, 4.69) is 32.1 Å². The van der Waals surface area contributed by atoms with Gasteiger partial charge in [-0.2, -0.15) is 5.10 Å². The molecule has 3 aromatic rings. The van der Waals surface area contributed by atoms with E-state index in [9.17, 15) is 9.59 Å². The second kappa shape index (κ2) is 9.68. The molecule has 8 heteroatoms. The molecule has 1 saturated heterocycles. The molecule has 2 saturated carbocycles. The van der Waals surface area contributed by atoms with Gasteiger partial charge in [0.15, 0.2) is 0 Å². The quantitative estimate of drug-likeness (QED) is 0.512. The number of aryl methyl sites for hydroxylation is 1. The predicted molar refractivity (Wildman–Crippen MR) is 141 cm³/mol. The van der Waals surface area contributed by atoms with E-state index in [0.717, 1.165) is 55.5 Å². The molecule has 2 aliphatic carbocycles. The molecule has 2 aromatic heterocycles. The molecule has 6 rings (SSSR count). The van der Waals surface area contributed by atoms with E-state index in [1.54, 1.807) is 10.9 Å². The highest BCUT2D eigenvalue weighted by Gasteiger charge is 2.46. The largest absolute Gasteiger partial charge is 0.342 e. The Bertz CT molecular complexity index is 1410. The summed E-state index contributed by atoms with van der Waals surface area (Å²) in [6.45, 7) is 3.52. The smallest absolute Gasteiger partial charge is 0.276 e. The molecule has 0 spiro atoms. The summed E-state index contributed by atoms with van der Waals surface area (Å²) < 4.78 is 1.78. The van der Waals surface area contributed by atoms with Crippen LogP contribution in [0.3, 0.4) is 0 Å². The van der Waals surface area contributed by atoms with Crippen molar-refractivity contribution in [3.8, 4) is 11.8 Å². The van der Waals surface area contributed by atoms with Gasteiger partial charge in [-0.15, -0.1) is 0 Å². The summed E-state index contributed by atoms with van der Waals surface area (Å²) in [6.07, 6.45) is 7.05. The van der Waals surface area contributed by atoms with Crippen molar-refractivity contribution in [2.24, 2.45) is 17.8 Å². The van der Waals surface area contributed by atoms with Gasteiger partial charge in [0, 0.05) is 36.3 Å². The van der Waals surface area contributed by atoms with Gasteiger partial charge in [0.25, 0.3) is 5.91 Å². The van der Waals surface area contributed by atoms with Crippen LogP contribution in [-0.4, -0.2) is 44.6 Å². The number of carbonyl (C=O) groups is 2. The molecule has 3 aliphatic rings. The van der Waals surface area contributed by atoms with Crippen LogP contribution >= 0.6 is 11.6 Å². The zero-order valence-electron chi connectivity index (χ0n) is 20.7. The number of nitrogens with zero attached hydrogens (tertiary/aromatic N) is 4. The van der Waals surface area contributed by atoms with Crippen molar-refractivity contribution in [3.63, 3.8) is 0 Å². The summed E-state index contributed by atoms with van der Waals surface area (Å²) in [7, 11) is 0. The number of carbonyl (C=O) groups excluding carboxylic acids is 2. The average molecular weight is 514 g/mol. The van der Waals surface area contributed by atoms with Crippen LogP contribution in [0.1, 0.15) is 58.9 Å². The Morgan fingerprint density at radius 3 is 2.41 bits per heavy atom. The van der Waals surface area contributed by atoms with Crippen LogP contribution in [0.15, 0.2) is 48.8 Å². The molecule has 1 N–H and O–H groups in total. The molecule has 188 valence electrons. The van der Waals surface area contributed by atoms with Crippen molar-refractivity contribution < 1.29 is 9.59 Å². The Morgan fingerprint density at radius 1 is 1.03 bits per heavy atom. The summed E-state index contributed by atoms with van der Waals surface area (Å²) in [4.78, 5) is 32.3. The lowest BCUT2D eigenvalue weighted by Crippen LogP contribution is -2.31. The Hall–Kier alpha value is -3.63. The molecule has 2 amide bonds. The maximum Gasteiger partial charge on any atom is 0.276 e. The van der Waals surface area contributed by atoms with Crippen LogP contribution in [0.2, 0.25) is 5.02 Å². The van der Waals surface area contributed by atoms with E-state index in [0.29, 0.717) is 34.3 Å². The third kappa shape index (κ3) is 4.86. The van der Waals surface area contributed by atoms with Crippen LogP contribution in [0.4, 0.5) is 5.82 Å². The Kier molecular flexibility index (Phi) is 6.21. The first kappa shape index (κ1) is 23.7. The van der Waals surface area contributed by atoms with Crippen molar-refractivity contribution in [3.05, 3.63) is 76.2 Å². The second-order valence-electron chi connectivity index (χ2n) is 10.4. The maximum absolute atomic E-state index is 13.3. The molecule has 37 heavy (non-hydrogen) atoms. The van der Waals surface area contributed by atoms with Gasteiger partial charge < -0.3 is 10.2 Å². The van der Waals surface area contributed by atoms with Crippen molar-refractivity contribution in [2.45, 2.75) is 38.6 Å². The molecule has 1 aliphatic heterocycles. The summed E-state index contributed by atoms with van der Waals surface area (Å²) in [5.41, 5.74) is 2.87. The molecule has 0 radical (unpaired) electrons. The number of hydrogen-bond acceptors (Lipinski definition) is 4. The Morgan fingerprint density at radius 2 is 1.73 bits per heavy atom. The zero-order chi connectivity index (χ0) is 25.5. The van der Waals surface area contributed by atoms with Gasteiger partial charge in [0.05, 0.1) is 17.3 Å². The van der Waals surface area contributed by atoms with Gasteiger partial charge in [-0.05, 0) is 68.2 Å². The minimum atomic E-state index is -0.330. The Balaban J connectivity index is 1.14. The number of amides is 2. The predicted octanol–water partition coefficient (Wildman–Crippen LogP) is 4.71. The van der Waals surface area contributed by atoms with Crippen molar-refractivity contribution >= 4 is 29.2 Å². The summed E-state index contributed by atoms with van der Waals surface area (Å²) in [6, 6.07) is 11.8. The lowest BCUT2D eigenvalue weighted by molar-refractivity contribution is -0.131. The summed E-state index contributed by atoms with van der Waals surface area (Å²) >= 11 is 6.44. The molecule has 1 aromatic carbocycles. The molecule has 3 fully saturated rings. The molecule has 0 bridgehead atoms. The summed E-state index contributed by atoms with van der Waals surface area (Å²) in [5, 5.41) is 7.71. The van der Waals surface area contributed by atoms with Gasteiger partial charge in [0.1, 0.15) is 11.5 Å². The number of nitrogens with one attached hydrogen (secondary N) is 1. The van der Waals surface area contributed by atoms with E-state index in [1.807, 2.05) is 43.3 Å². The molecule has 3 heterocycles. The molecular weight excluding hydrogens is 486 g/mol. The topological polar surface area (TPSA) is 80.1 Å². The summed E-state index contributed by atoms with van der Waals surface area (Å²) in [5.74, 6) is 7.86. The number of benzene rings is 1. The normalized spacial score (nSPS) is 22.3. The molecule has 1 unspecified atom stereocenters. The monoisotopic (exact) mass is 513 g/mol. The lowest BCUT2D eigenvalue weighted by atomic mass is 10.0. The first-order chi connectivity index (χ1) is 18.0. The fourth-order valence-corrected chi connectivity index (χ4v) is 5.89. The number of fused-ring (bicyclic) bond motifs is 1. The van der Waals surface area contributed by atoms with Crippen LogP contribution in [-0.2, 0) is 4.79 Å². The lowest BCUT2D eigenvalue weighted by Gasteiger charge is -2.20. The fraction of sp³-hybridized carbons (Fsp3) is 0.379. The van der Waals surface area contributed by atoms with Gasteiger partial charge in [-0.25, -0.2) is 4.98 Å². The molecule has 3 atom stereocenters. The zero-order valence-corrected chi connectivity index (χ0v) is 21.4. The Labute approximate surface area is 221 Å². The van der Waals surface area contributed by atoms with Crippen molar-refractivity contribution in [1.82, 2.24) is 19.7 Å². The standard InChI is InChI=1S/C29H28ClN5O2/c1-18-11-20(8-7-19-5-3-2-4-6-19)14-31-27(18)33-28(36)26-25(30)15-32-35(26)24-12-22-16-34(17-23(22)13-24)29(37)21-9-10-21/h2-6,11,14-15,21-24H,9-10,12-13,16-17H2,1H3,(H,31,33,36)/t22-,23+,24?. The number of anilines is 1. The van der Waals surface area contributed by atoms with Crippen molar-refractivity contribution in [2.75, 3.05) is 18.4 Å². The van der Waals surface area contributed by atoms with Crippen LogP contribution in [0.5, 0.6) is 0 Å². The van der Waals surface area contributed by atoms with Gasteiger partial charge >= 0.3 is 0 Å². The van der Waals surface area contributed by atoms with Gasteiger partial charge in [0.2, 0.25) is 5.91 Å².